The van der Waals surface area contributed by atoms with Crippen LogP contribution in [0.5, 0.6) is 0 Å². The first-order valence-electron chi connectivity index (χ1n) is 5.87. The van der Waals surface area contributed by atoms with Crippen LogP contribution in [0.4, 0.5) is 0 Å². The van der Waals surface area contributed by atoms with Gasteiger partial charge in [-0.05, 0) is 44.2 Å². The highest BCUT2D eigenvalue weighted by Gasteiger charge is 2.22. The number of likely N-dealkylation sites (N-methyl/N-ethyl adjacent to an activating group) is 1. The van der Waals surface area contributed by atoms with E-state index >= 15 is 0 Å². The van der Waals surface area contributed by atoms with Gasteiger partial charge in [-0.25, -0.2) is 0 Å². The van der Waals surface area contributed by atoms with Gasteiger partial charge in [0.2, 0.25) is 0 Å². The van der Waals surface area contributed by atoms with E-state index in [4.69, 9.17) is 27.9 Å². The monoisotopic (exact) mass is 275 g/mol. The second-order valence-corrected chi connectivity index (χ2v) is 4.68. The number of benzene rings is 1. The summed E-state index contributed by atoms with van der Waals surface area (Å²) in [6, 6.07) is 5.57. The third-order valence-electron chi connectivity index (χ3n) is 2.76. The summed E-state index contributed by atoms with van der Waals surface area (Å²) in [5.41, 5.74) is 0.988. The predicted molar refractivity (Wildman–Crippen MR) is 74.0 cm³/mol. The van der Waals surface area contributed by atoms with Gasteiger partial charge in [-0.3, -0.25) is 0 Å². The largest absolute Gasteiger partial charge is 0.377 e. The molecule has 0 radical (unpaired) electrons. The number of halogens is 2. The second kappa shape index (κ2) is 7.22. The van der Waals surface area contributed by atoms with Crippen LogP contribution in [0, 0.1) is 0 Å². The quantitative estimate of drug-likeness (QED) is 0.845. The van der Waals surface area contributed by atoms with Crippen LogP contribution in [0.25, 0.3) is 0 Å². The normalized spacial score (nSPS) is 14.6. The Kier molecular flexibility index (Phi) is 6.28. The maximum atomic E-state index is 6.22. The number of hydrogen-bond acceptors (Lipinski definition) is 2. The Bertz CT molecular complexity index is 357. The molecule has 1 N–H and O–H groups in total. The maximum Gasteiger partial charge on any atom is 0.0767 e. The molecule has 1 rings (SSSR count). The SMILES string of the molecule is CCOC(CC)C(NC)c1cc(Cl)ccc1Cl. The number of nitrogens with one attached hydrogen (secondary N) is 1. The fourth-order valence-corrected chi connectivity index (χ4v) is 2.37. The summed E-state index contributed by atoms with van der Waals surface area (Å²) in [7, 11) is 1.91. The van der Waals surface area contributed by atoms with Crippen molar-refractivity contribution in [1.29, 1.82) is 0 Å². The molecule has 2 atom stereocenters. The lowest BCUT2D eigenvalue weighted by atomic mass is 9.99. The van der Waals surface area contributed by atoms with E-state index in [1.807, 2.05) is 26.1 Å². The van der Waals surface area contributed by atoms with Crippen LogP contribution < -0.4 is 5.32 Å². The predicted octanol–water partition coefficient (Wildman–Crippen LogP) is 4.07. The van der Waals surface area contributed by atoms with Crippen molar-refractivity contribution < 1.29 is 4.74 Å². The molecule has 17 heavy (non-hydrogen) atoms. The molecule has 1 aromatic rings. The van der Waals surface area contributed by atoms with Crippen LogP contribution in [-0.2, 0) is 4.74 Å². The van der Waals surface area contributed by atoms with Gasteiger partial charge in [0, 0.05) is 16.7 Å². The van der Waals surface area contributed by atoms with Crippen LogP contribution in [0.1, 0.15) is 31.9 Å². The topological polar surface area (TPSA) is 21.3 Å². The average Bonchev–Trinajstić information content (AvgIpc) is 2.33. The maximum absolute atomic E-state index is 6.22. The third kappa shape index (κ3) is 3.85. The van der Waals surface area contributed by atoms with Gasteiger partial charge >= 0.3 is 0 Å². The van der Waals surface area contributed by atoms with Gasteiger partial charge in [-0.2, -0.15) is 0 Å². The van der Waals surface area contributed by atoms with Crippen molar-refractivity contribution in [3.63, 3.8) is 0 Å². The van der Waals surface area contributed by atoms with E-state index in [1.165, 1.54) is 0 Å². The lowest BCUT2D eigenvalue weighted by Gasteiger charge is -2.27. The minimum absolute atomic E-state index is 0.0612. The van der Waals surface area contributed by atoms with Crippen molar-refractivity contribution >= 4 is 23.2 Å². The first-order chi connectivity index (χ1) is 8.13. The molecule has 1 aromatic carbocycles. The van der Waals surface area contributed by atoms with Gasteiger partial charge in [0.15, 0.2) is 0 Å². The van der Waals surface area contributed by atoms with Gasteiger partial charge in [-0.15, -0.1) is 0 Å². The summed E-state index contributed by atoms with van der Waals surface area (Å²) in [6.45, 7) is 4.78. The molecule has 0 aromatic heterocycles. The molecular formula is C13H19Cl2NO. The molecule has 2 nitrogen and oxygen atoms in total. The molecule has 0 amide bonds. The van der Waals surface area contributed by atoms with Crippen LogP contribution in [-0.4, -0.2) is 19.8 Å². The number of rotatable bonds is 6. The Hall–Kier alpha value is -0.280. The van der Waals surface area contributed by atoms with E-state index in [-0.39, 0.29) is 12.1 Å². The Labute approximate surface area is 113 Å². The zero-order valence-corrected chi connectivity index (χ0v) is 12.0. The van der Waals surface area contributed by atoms with Gasteiger partial charge in [0.05, 0.1) is 12.1 Å². The molecule has 96 valence electrons. The molecule has 0 saturated heterocycles. The highest BCUT2D eigenvalue weighted by molar-refractivity contribution is 6.33. The van der Waals surface area contributed by atoms with Crippen molar-refractivity contribution in [2.75, 3.05) is 13.7 Å². The first kappa shape index (κ1) is 14.8. The van der Waals surface area contributed by atoms with Crippen molar-refractivity contribution in [2.45, 2.75) is 32.4 Å². The molecule has 0 bridgehead atoms. The Balaban J connectivity index is 3.02. The van der Waals surface area contributed by atoms with E-state index in [2.05, 4.69) is 12.2 Å². The zero-order valence-electron chi connectivity index (χ0n) is 10.5. The Morgan fingerprint density at radius 2 is 2.00 bits per heavy atom. The van der Waals surface area contributed by atoms with Crippen molar-refractivity contribution in [2.24, 2.45) is 0 Å². The smallest absolute Gasteiger partial charge is 0.0767 e. The Morgan fingerprint density at radius 3 is 2.53 bits per heavy atom. The summed E-state index contributed by atoms with van der Waals surface area (Å²) in [6.07, 6.45) is 1.02. The molecule has 2 unspecified atom stereocenters. The van der Waals surface area contributed by atoms with Crippen molar-refractivity contribution in [1.82, 2.24) is 5.32 Å². The highest BCUT2D eigenvalue weighted by atomic mass is 35.5. The summed E-state index contributed by atoms with van der Waals surface area (Å²) in [5.74, 6) is 0. The summed E-state index contributed by atoms with van der Waals surface area (Å²) >= 11 is 12.2. The van der Waals surface area contributed by atoms with Crippen LogP contribution >= 0.6 is 23.2 Å². The minimum atomic E-state index is 0.0612. The summed E-state index contributed by atoms with van der Waals surface area (Å²) in [4.78, 5) is 0. The summed E-state index contributed by atoms with van der Waals surface area (Å²) < 4.78 is 5.73. The van der Waals surface area contributed by atoms with Crippen molar-refractivity contribution in [3.05, 3.63) is 33.8 Å². The first-order valence-corrected chi connectivity index (χ1v) is 6.63. The van der Waals surface area contributed by atoms with Gasteiger partial charge in [0.1, 0.15) is 0 Å². The minimum Gasteiger partial charge on any atom is -0.377 e. The fourth-order valence-electron chi connectivity index (χ4n) is 1.96. The molecule has 0 aliphatic heterocycles. The van der Waals surface area contributed by atoms with Crippen LogP contribution in [0.3, 0.4) is 0 Å². The van der Waals surface area contributed by atoms with E-state index in [0.717, 1.165) is 12.0 Å². The van der Waals surface area contributed by atoms with Gasteiger partial charge < -0.3 is 10.1 Å². The number of ether oxygens (including phenoxy) is 1. The second-order valence-electron chi connectivity index (χ2n) is 3.83. The molecular weight excluding hydrogens is 257 g/mol. The molecule has 0 aliphatic rings. The fraction of sp³-hybridized carbons (Fsp3) is 0.538. The van der Waals surface area contributed by atoms with E-state index in [0.29, 0.717) is 16.7 Å². The van der Waals surface area contributed by atoms with Gasteiger partial charge in [-0.1, -0.05) is 30.1 Å². The van der Waals surface area contributed by atoms with E-state index < -0.39 is 0 Å². The van der Waals surface area contributed by atoms with E-state index in [9.17, 15) is 0 Å². The van der Waals surface area contributed by atoms with E-state index in [1.54, 1.807) is 6.07 Å². The molecule has 0 aliphatic carbocycles. The van der Waals surface area contributed by atoms with Crippen LogP contribution in [0.2, 0.25) is 10.0 Å². The third-order valence-corrected chi connectivity index (χ3v) is 3.34. The van der Waals surface area contributed by atoms with Gasteiger partial charge in [0.25, 0.3) is 0 Å². The molecule has 0 fully saturated rings. The lowest BCUT2D eigenvalue weighted by Crippen LogP contribution is -2.31. The zero-order chi connectivity index (χ0) is 12.8. The van der Waals surface area contributed by atoms with Crippen molar-refractivity contribution in [3.8, 4) is 0 Å². The lowest BCUT2D eigenvalue weighted by molar-refractivity contribution is 0.0334. The average molecular weight is 276 g/mol. The Morgan fingerprint density at radius 1 is 1.29 bits per heavy atom. The summed E-state index contributed by atoms with van der Waals surface area (Å²) in [5, 5.41) is 4.66. The van der Waals surface area contributed by atoms with Crippen LogP contribution in [0.15, 0.2) is 18.2 Å². The number of hydrogen-bond donors (Lipinski definition) is 1. The molecule has 0 spiro atoms. The standard InChI is InChI=1S/C13H19Cl2NO/c1-4-12(17-5-2)13(16-3)10-8-9(14)6-7-11(10)15/h6-8,12-13,16H,4-5H2,1-3H3. The molecule has 0 heterocycles. The molecule has 4 heteroatoms. The molecule has 0 saturated carbocycles. The highest BCUT2D eigenvalue weighted by Crippen LogP contribution is 2.30.